The Balaban J connectivity index is 1.63. The highest BCUT2D eigenvalue weighted by atomic mass is 14.9. The molecule has 0 spiro atoms. The van der Waals surface area contributed by atoms with Crippen LogP contribution in [0.15, 0.2) is 0 Å². The quantitative estimate of drug-likeness (QED) is 0.518. The van der Waals surface area contributed by atoms with Gasteiger partial charge in [0.25, 0.3) is 0 Å². The topological polar surface area (TPSA) is 76.1 Å². The maximum atomic E-state index is 5.77. The Morgan fingerprint density at radius 2 is 1.26 bits per heavy atom. The molecule has 0 aromatic carbocycles. The molecule has 2 rings (SSSR count). The van der Waals surface area contributed by atoms with Gasteiger partial charge in [0.15, 0.2) is 0 Å². The summed E-state index contributed by atoms with van der Waals surface area (Å²) in [6.07, 6.45) is 4.29. The molecule has 0 amide bonds. The van der Waals surface area contributed by atoms with Gasteiger partial charge in [0.1, 0.15) is 0 Å². The van der Waals surface area contributed by atoms with E-state index in [2.05, 4.69) is 24.5 Å². The van der Waals surface area contributed by atoms with Crippen molar-refractivity contribution in [2.24, 2.45) is 35.1 Å². The minimum Gasteiger partial charge on any atom is -0.327 e. The highest BCUT2D eigenvalue weighted by molar-refractivity contribution is 4.96. The van der Waals surface area contributed by atoms with Crippen LogP contribution in [-0.4, -0.2) is 38.3 Å². The van der Waals surface area contributed by atoms with Crippen LogP contribution in [-0.2, 0) is 0 Å². The van der Waals surface area contributed by atoms with Crippen molar-refractivity contribution in [1.29, 1.82) is 0 Å². The molecule has 0 saturated heterocycles. The number of nitrogens with one attached hydrogen (secondary N) is 2. The zero-order chi connectivity index (χ0) is 13.8. The fraction of sp³-hybridized carbons (Fsp3) is 1.00. The average molecular weight is 268 g/mol. The van der Waals surface area contributed by atoms with Gasteiger partial charge < -0.3 is 22.1 Å². The van der Waals surface area contributed by atoms with Crippen molar-refractivity contribution >= 4 is 0 Å². The van der Waals surface area contributed by atoms with Crippen LogP contribution in [0.3, 0.4) is 0 Å². The Labute approximate surface area is 118 Å². The summed E-state index contributed by atoms with van der Waals surface area (Å²) in [5.41, 5.74) is 11.5. The van der Waals surface area contributed by atoms with Gasteiger partial charge in [-0.1, -0.05) is 0 Å². The Kier molecular flexibility index (Phi) is 5.63. The molecule has 2 saturated carbocycles. The van der Waals surface area contributed by atoms with Crippen LogP contribution in [0.5, 0.6) is 0 Å². The first-order valence-electron chi connectivity index (χ1n) is 7.98. The molecule has 2 aliphatic rings. The van der Waals surface area contributed by atoms with Crippen molar-refractivity contribution in [3.8, 4) is 0 Å². The third kappa shape index (κ3) is 4.42. The largest absolute Gasteiger partial charge is 0.327 e. The Morgan fingerprint density at radius 3 is 1.58 bits per heavy atom. The van der Waals surface area contributed by atoms with Crippen molar-refractivity contribution < 1.29 is 0 Å². The molecule has 0 heterocycles. The van der Waals surface area contributed by atoms with E-state index in [0.29, 0.717) is 0 Å². The molecule has 4 heteroatoms. The molecule has 6 atom stereocenters. The van der Waals surface area contributed by atoms with Crippen LogP contribution >= 0.6 is 0 Å². The second kappa shape index (κ2) is 7.02. The van der Waals surface area contributed by atoms with Gasteiger partial charge >= 0.3 is 0 Å². The molecular formula is C15H32N4. The highest BCUT2D eigenvalue weighted by Crippen LogP contribution is 2.51. The Morgan fingerprint density at radius 1 is 0.842 bits per heavy atom. The first kappa shape index (κ1) is 15.2. The van der Waals surface area contributed by atoms with Crippen molar-refractivity contribution in [1.82, 2.24) is 10.6 Å². The fourth-order valence-electron chi connectivity index (χ4n) is 4.01. The van der Waals surface area contributed by atoms with Gasteiger partial charge in [-0.15, -0.1) is 0 Å². The second-order valence-electron chi connectivity index (χ2n) is 7.02. The summed E-state index contributed by atoms with van der Waals surface area (Å²) in [6, 6.07) is 0.544. The first-order chi connectivity index (χ1) is 9.06. The molecule has 4 nitrogen and oxygen atoms in total. The molecule has 2 aliphatic carbocycles. The predicted octanol–water partition coefficient (Wildman–Crippen LogP) is 0.522. The van der Waals surface area contributed by atoms with E-state index in [1.807, 2.05) is 0 Å². The van der Waals surface area contributed by atoms with E-state index < -0.39 is 0 Å². The minimum atomic E-state index is 0.272. The molecule has 6 N–H and O–H groups in total. The zero-order valence-corrected chi connectivity index (χ0v) is 12.6. The van der Waals surface area contributed by atoms with Crippen LogP contribution in [0.25, 0.3) is 0 Å². The molecule has 19 heavy (non-hydrogen) atoms. The first-order valence-corrected chi connectivity index (χ1v) is 7.98. The van der Waals surface area contributed by atoms with E-state index in [9.17, 15) is 0 Å². The third-order valence-corrected chi connectivity index (χ3v) is 4.90. The minimum absolute atomic E-state index is 0.272. The van der Waals surface area contributed by atoms with Gasteiger partial charge in [-0.25, -0.2) is 0 Å². The van der Waals surface area contributed by atoms with E-state index in [1.54, 1.807) is 0 Å². The van der Waals surface area contributed by atoms with Crippen molar-refractivity contribution in [2.75, 3.05) is 26.2 Å². The fourth-order valence-corrected chi connectivity index (χ4v) is 4.01. The number of rotatable bonds is 8. The molecule has 112 valence electrons. The maximum absolute atomic E-state index is 5.77. The van der Waals surface area contributed by atoms with E-state index in [4.69, 9.17) is 11.5 Å². The lowest BCUT2D eigenvalue weighted by atomic mass is 9.82. The monoisotopic (exact) mass is 268 g/mol. The highest BCUT2D eigenvalue weighted by Gasteiger charge is 2.44. The zero-order valence-electron chi connectivity index (χ0n) is 12.6. The summed E-state index contributed by atoms with van der Waals surface area (Å²) in [4.78, 5) is 0. The van der Waals surface area contributed by atoms with Crippen LogP contribution in [0.2, 0.25) is 0 Å². The molecule has 0 radical (unpaired) electrons. The summed E-state index contributed by atoms with van der Waals surface area (Å²) >= 11 is 0. The van der Waals surface area contributed by atoms with Gasteiger partial charge in [-0.05, 0) is 69.9 Å². The lowest BCUT2D eigenvalue weighted by Gasteiger charge is -2.28. The van der Waals surface area contributed by atoms with E-state index in [0.717, 1.165) is 36.8 Å². The molecule has 6 unspecified atom stereocenters. The van der Waals surface area contributed by atoms with Gasteiger partial charge in [-0.3, -0.25) is 0 Å². The maximum Gasteiger partial charge on any atom is 0.0136 e. The molecule has 2 fully saturated rings. The van der Waals surface area contributed by atoms with E-state index >= 15 is 0 Å². The van der Waals surface area contributed by atoms with Crippen molar-refractivity contribution in [3.05, 3.63) is 0 Å². The van der Waals surface area contributed by atoms with Gasteiger partial charge in [0.2, 0.25) is 0 Å². The Bertz CT molecular complexity index is 241. The summed E-state index contributed by atoms with van der Waals surface area (Å²) in [6.45, 7) is 8.37. The molecule has 2 bridgehead atoms. The van der Waals surface area contributed by atoms with Gasteiger partial charge in [0.05, 0.1) is 0 Å². The van der Waals surface area contributed by atoms with Crippen LogP contribution < -0.4 is 22.1 Å². The summed E-state index contributed by atoms with van der Waals surface area (Å²) < 4.78 is 0. The molecular weight excluding hydrogens is 236 g/mol. The molecule has 0 aliphatic heterocycles. The number of hydrogen-bond acceptors (Lipinski definition) is 4. The molecule has 0 aromatic rings. The van der Waals surface area contributed by atoms with Crippen molar-refractivity contribution in [3.63, 3.8) is 0 Å². The SMILES string of the molecule is CC(N)CNCC1CC2CC1CC2CNCC(C)N. The van der Waals surface area contributed by atoms with Gasteiger partial charge in [0, 0.05) is 25.2 Å². The van der Waals surface area contributed by atoms with E-state index in [-0.39, 0.29) is 12.1 Å². The number of nitrogens with two attached hydrogens (primary N) is 2. The normalized spacial score (nSPS) is 36.6. The lowest BCUT2D eigenvalue weighted by Crippen LogP contribution is -2.38. The number of hydrogen-bond donors (Lipinski definition) is 4. The Hall–Kier alpha value is -0.160. The van der Waals surface area contributed by atoms with Gasteiger partial charge in [-0.2, -0.15) is 0 Å². The van der Waals surface area contributed by atoms with Crippen LogP contribution in [0, 0.1) is 23.7 Å². The molecule has 0 aromatic heterocycles. The van der Waals surface area contributed by atoms with Crippen LogP contribution in [0.4, 0.5) is 0 Å². The average Bonchev–Trinajstić information content (AvgIpc) is 2.87. The third-order valence-electron chi connectivity index (χ3n) is 4.90. The van der Waals surface area contributed by atoms with Crippen molar-refractivity contribution in [2.45, 2.75) is 45.2 Å². The second-order valence-corrected chi connectivity index (χ2v) is 7.02. The summed E-state index contributed by atoms with van der Waals surface area (Å²) in [5.74, 6) is 3.70. The number of fused-ring (bicyclic) bond motifs is 2. The summed E-state index contributed by atoms with van der Waals surface area (Å²) in [5, 5.41) is 7.05. The van der Waals surface area contributed by atoms with Crippen LogP contribution in [0.1, 0.15) is 33.1 Å². The predicted molar refractivity (Wildman–Crippen MR) is 80.8 cm³/mol. The lowest BCUT2D eigenvalue weighted by molar-refractivity contribution is 0.244. The smallest absolute Gasteiger partial charge is 0.0136 e. The van der Waals surface area contributed by atoms with E-state index in [1.165, 1.54) is 32.4 Å². The summed E-state index contributed by atoms with van der Waals surface area (Å²) in [7, 11) is 0. The standard InChI is InChI=1S/C15H32N4/c1-10(16)6-18-8-14-4-13-3-12(14)5-15(13)9-19-7-11(2)17/h10-15,18-19H,3-9,16-17H2,1-2H3.